The van der Waals surface area contributed by atoms with Crippen LogP contribution in [0.3, 0.4) is 0 Å². The summed E-state index contributed by atoms with van der Waals surface area (Å²) in [5, 5.41) is -0.405. The fourth-order valence-electron chi connectivity index (χ4n) is 1.78. The van der Waals surface area contributed by atoms with E-state index in [9.17, 15) is 18.8 Å². The van der Waals surface area contributed by atoms with E-state index in [1.165, 1.54) is 18.2 Å². The van der Waals surface area contributed by atoms with Gasteiger partial charge >= 0.3 is 0 Å². The fourth-order valence-corrected chi connectivity index (χ4v) is 2.55. The Hall–Kier alpha value is -1.69. The molecule has 19 heavy (non-hydrogen) atoms. The highest BCUT2D eigenvalue weighted by molar-refractivity contribution is 8.13. The molecule has 0 bridgehead atoms. The smallest absolute Gasteiger partial charge is 0.288 e. The second kappa shape index (κ2) is 5.97. The van der Waals surface area contributed by atoms with Crippen molar-refractivity contribution in [1.82, 2.24) is 4.90 Å². The predicted octanol–water partition coefficient (Wildman–Crippen LogP) is 2.02. The number of carbonyl (C=O) groups is 3. The molecule has 0 unspecified atom stereocenters. The number of carbonyl (C=O) groups excluding carboxylic acids is 3. The van der Waals surface area contributed by atoms with Crippen molar-refractivity contribution in [2.45, 2.75) is 12.8 Å². The van der Waals surface area contributed by atoms with Gasteiger partial charge in [0.05, 0.1) is 6.54 Å². The maximum atomic E-state index is 13.4. The summed E-state index contributed by atoms with van der Waals surface area (Å²) in [5.41, 5.74) is 0.275. The second-order valence-corrected chi connectivity index (χ2v) is 5.20. The summed E-state index contributed by atoms with van der Waals surface area (Å²) in [6.07, 6.45) is 0.137. The van der Waals surface area contributed by atoms with Crippen LogP contribution in [0.4, 0.5) is 9.18 Å². The van der Waals surface area contributed by atoms with Gasteiger partial charge in [-0.3, -0.25) is 19.3 Å². The first-order valence-corrected chi connectivity index (χ1v) is 6.78. The Bertz CT molecular complexity index is 516. The van der Waals surface area contributed by atoms with Gasteiger partial charge in [0.2, 0.25) is 5.91 Å². The summed E-state index contributed by atoms with van der Waals surface area (Å²) in [4.78, 5) is 35.8. The topological polar surface area (TPSA) is 54.5 Å². The SMILES string of the molecule is O=C(Cc1ccccc1F)CN1C(=O)CCSC1=O. The first kappa shape index (κ1) is 13.7. The lowest BCUT2D eigenvalue weighted by molar-refractivity contribution is -0.131. The van der Waals surface area contributed by atoms with Crippen LogP contribution in [0.1, 0.15) is 12.0 Å². The third-order valence-corrected chi connectivity index (χ3v) is 3.62. The van der Waals surface area contributed by atoms with E-state index in [4.69, 9.17) is 0 Å². The maximum Gasteiger partial charge on any atom is 0.288 e. The van der Waals surface area contributed by atoms with Gasteiger partial charge in [-0.2, -0.15) is 0 Å². The molecular weight excluding hydrogens is 269 g/mol. The Labute approximate surface area is 114 Å². The van der Waals surface area contributed by atoms with Gasteiger partial charge in [-0.05, 0) is 11.6 Å². The van der Waals surface area contributed by atoms with Gasteiger partial charge in [0.1, 0.15) is 5.82 Å². The van der Waals surface area contributed by atoms with Crippen LogP contribution in [-0.2, 0) is 16.0 Å². The molecule has 1 aromatic rings. The number of hydrogen-bond acceptors (Lipinski definition) is 4. The summed E-state index contributed by atoms with van der Waals surface area (Å²) < 4.78 is 13.4. The Kier molecular flexibility index (Phi) is 4.31. The molecule has 4 nitrogen and oxygen atoms in total. The quantitative estimate of drug-likeness (QED) is 0.847. The van der Waals surface area contributed by atoms with Crippen molar-refractivity contribution >= 4 is 28.7 Å². The van der Waals surface area contributed by atoms with Crippen molar-refractivity contribution < 1.29 is 18.8 Å². The van der Waals surface area contributed by atoms with Crippen LogP contribution in [0.15, 0.2) is 24.3 Å². The molecule has 1 saturated heterocycles. The molecule has 0 spiro atoms. The zero-order valence-corrected chi connectivity index (χ0v) is 10.9. The number of nitrogens with zero attached hydrogens (tertiary/aromatic N) is 1. The van der Waals surface area contributed by atoms with Gasteiger partial charge < -0.3 is 0 Å². The molecule has 2 rings (SSSR count). The van der Waals surface area contributed by atoms with Crippen molar-refractivity contribution in [2.75, 3.05) is 12.3 Å². The first-order chi connectivity index (χ1) is 9.08. The summed E-state index contributed by atoms with van der Waals surface area (Å²) in [7, 11) is 0. The molecule has 100 valence electrons. The van der Waals surface area contributed by atoms with Crippen LogP contribution in [-0.4, -0.2) is 34.1 Å². The van der Waals surface area contributed by atoms with Gasteiger partial charge in [-0.1, -0.05) is 30.0 Å². The van der Waals surface area contributed by atoms with E-state index in [1.807, 2.05) is 0 Å². The molecule has 1 fully saturated rings. The Morgan fingerprint density at radius 2 is 2.05 bits per heavy atom. The van der Waals surface area contributed by atoms with Gasteiger partial charge in [-0.25, -0.2) is 4.39 Å². The fraction of sp³-hybridized carbons (Fsp3) is 0.308. The van der Waals surface area contributed by atoms with E-state index in [2.05, 4.69) is 0 Å². The van der Waals surface area contributed by atoms with Crippen molar-refractivity contribution in [2.24, 2.45) is 0 Å². The number of rotatable bonds is 4. The summed E-state index contributed by atoms with van der Waals surface area (Å²) in [6.45, 7) is -0.279. The summed E-state index contributed by atoms with van der Waals surface area (Å²) in [6, 6.07) is 5.97. The Balaban J connectivity index is 1.99. The highest BCUT2D eigenvalue weighted by Crippen LogP contribution is 2.18. The number of halogens is 1. The highest BCUT2D eigenvalue weighted by atomic mass is 32.2. The lowest BCUT2D eigenvalue weighted by atomic mass is 10.1. The first-order valence-electron chi connectivity index (χ1n) is 5.80. The molecule has 1 aromatic carbocycles. The molecule has 2 amide bonds. The Morgan fingerprint density at radius 3 is 2.74 bits per heavy atom. The number of ketones is 1. The molecule has 0 atom stereocenters. The number of amides is 2. The number of imide groups is 1. The van der Waals surface area contributed by atoms with Crippen molar-refractivity contribution in [3.05, 3.63) is 35.6 Å². The van der Waals surface area contributed by atoms with Crippen LogP contribution in [0.2, 0.25) is 0 Å². The lowest BCUT2D eigenvalue weighted by Crippen LogP contribution is -2.41. The van der Waals surface area contributed by atoms with E-state index in [0.717, 1.165) is 16.7 Å². The predicted molar refractivity (Wildman–Crippen MR) is 69.3 cm³/mol. The average Bonchev–Trinajstić information content (AvgIpc) is 2.37. The minimum atomic E-state index is -0.457. The number of benzene rings is 1. The summed E-state index contributed by atoms with van der Waals surface area (Å²) in [5.74, 6) is -0.697. The molecule has 0 N–H and O–H groups in total. The van der Waals surface area contributed by atoms with Gasteiger partial charge in [0.15, 0.2) is 5.78 Å². The van der Waals surface area contributed by atoms with E-state index < -0.39 is 11.1 Å². The van der Waals surface area contributed by atoms with E-state index in [-0.39, 0.29) is 36.6 Å². The average molecular weight is 281 g/mol. The standard InChI is InChI=1S/C13H12FNO3S/c14-11-4-2-1-3-9(11)7-10(16)8-15-12(17)5-6-19-13(15)18/h1-4H,5-8H2. The lowest BCUT2D eigenvalue weighted by Gasteiger charge is -2.23. The number of Topliss-reactive ketones (excluding diaryl/α,β-unsaturated/α-hetero) is 1. The third kappa shape index (κ3) is 3.41. The van der Waals surface area contributed by atoms with Crippen LogP contribution in [0, 0.1) is 5.82 Å². The van der Waals surface area contributed by atoms with E-state index in [0.29, 0.717) is 5.75 Å². The molecule has 0 aromatic heterocycles. The molecule has 0 aliphatic carbocycles. The molecule has 0 saturated carbocycles. The molecule has 1 aliphatic rings. The van der Waals surface area contributed by atoms with Crippen LogP contribution >= 0.6 is 11.8 Å². The van der Waals surface area contributed by atoms with Crippen molar-refractivity contribution in [1.29, 1.82) is 0 Å². The van der Waals surface area contributed by atoms with Crippen LogP contribution in [0.5, 0.6) is 0 Å². The number of thioether (sulfide) groups is 1. The van der Waals surface area contributed by atoms with Gasteiger partial charge in [0.25, 0.3) is 5.24 Å². The van der Waals surface area contributed by atoms with Crippen LogP contribution in [0.25, 0.3) is 0 Å². The minimum absolute atomic E-state index is 0.117. The van der Waals surface area contributed by atoms with Gasteiger partial charge in [0, 0.05) is 18.6 Å². The minimum Gasteiger partial charge on any atom is -0.297 e. The molecule has 1 heterocycles. The third-order valence-electron chi connectivity index (χ3n) is 2.74. The largest absolute Gasteiger partial charge is 0.297 e. The van der Waals surface area contributed by atoms with Crippen molar-refractivity contribution in [3.63, 3.8) is 0 Å². The maximum absolute atomic E-state index is 13.4. The monoisotopic (exact) mass is 281 g/mol. The summed E-state index contributed by atoms with van der Waals surface area (Å²) >= 11 is 1.02. The molecule has 1 aliphatic heterocycles. The second-order valence-electron chi connectivity index (χ2n) is 4.15. The highest BCUT2D eigenvalue weighted by Gasteiger charge is 2.28. The molecule has 6 heteroatoms. The normalized spacial score (nSPS) is 15.7. The van der Waals surface area contributed by atoms with E-state index >= 15 is 0 Å². The van der Waals surface area contributed by atoms with Gasteiger partial charge in [-0.15, -0.1) is 0 Å². The van der Waals surface area contributed by atoms with Crippen molar-refractivity contribution in [3.8, 4) is 0 Å². The molecule has 0 radical (unpaired) electrons. The Morgan fingerprint density at radius 1 is 1.32 bits per heavy atom. The zero-order valence-electron chi connectivity index (χ0n) is 10.1. The van der Waals surface area contributed by atoms with Crippen LogP contribution < -0.4 is 0 Å². The zero-order chi connectivity index (χ0) is 13.8. The molecular formula is C13H12FNO3S. The van der Waals surface area contributed by atoms with E-state index in [1.54, 1.807) is 6.07 Å². The number of hydrogen-bond donors (Lipinski definition) is 0.